The second-order valence-corrected chi connectivity index (χ2v) is 8.58. The predicted molar refractivity (Wildman–Crippen MR) is 112 cm³/mol. The van der Waals surface area contributed by atoms with Gasteiger partial charge in [-0.05, 0) is 42.6 Å². The Morgan fingerprint density at radius 1 is 0.962 bits per heavy atom. The third-order valence-corrected chi connectivity index (χ3v) is 6.59. The van der Waals surface area contributed by atoms with Gasteiger partial charge in [0.25, 0.3) is 0 Å². The molecule has 2 unspecified atom stereocenters. The first-order valence-electron chi connectivity index (χ1n) is 9.98. The molecular weight excluding hydrogens is 338 g/mol. The number of benzene rings is 2. The number of nitrogens with one attached hydrogen (secondary N) is 1. The average Bonchev–Trinajstić information content (AvgIpc) is 2.69. The molecule has 2 nitrogen and oxygen atoms in total. The molecule has 0 aliphatic heterocycles. The Morgan fingerprint density at radius 2 is 1.62 bits per heavy atom. The van der Waals surface area contributed by atoms with Crippen LogP contribution < -0.4 is 5.32 Å². The second kappa shape index (κ2) is 10.1. The Balaban J connectivity index is 1.75. The number of likely N-dealkylation sites (N-methyl/N-ethyl adjacent to an activating group) is 1. The van der Waals surface area contributed by atoms with Crippen LogP contribution in [0.25, 0.3) is 0 Å². The molecule has 26 heavy (non-hydrogen) atoms. The van der Waals surface area contributed by atoms with Crippen LogP contribution in [0.3, 0.4) is 0 Å². The number of rotatable bonds is 8. The fourth-order valence-corrected chi connectivity index (χ4v) is 5.08. The van der Waals surface area contributed by atoms with Crippen molar-refractivity contribution in [3.63, 3.8) is 0 Å². The SMILES string of the molecule is CCNCC(O)C(c1ccccc1)c1ccc(SC2CCCCC2)cc1. The number of thioether (sulfide) groups is 1. The lowest BCUT2D eigenvalue weighted by Crippen LogP contribution is -2.32. The van der Waals surface area contributed by atoms with E-state index >= 15 is 0 Å². The van der Waals surface area contributed by atoms with E-state index in [-0.39, 0.29) is 5.92 Å². The Hall–Kier alpha value is -1.29. The first kappa shape index (κ1) is 19.5. The van der Waals surface area contributed by atoms with Crippen molar-refractivity contribution < 1.29 is 5.11 Å². The second-order valence-electron chi connectivity index (χ2n) is 7.21. The van der Waals surface area contributed by atoms with E-state index in [1.54, 1.807) is 0 Å². The molecule has 1 aliphatic carbocycles. The van der Waals surface area contributed by atoms with Crippen LogP contribution in [0.4, 0.5) is 0 Å². The molecule has 0 radical (unpaired) electrons. The van der Waals surface area contributed by atoms with E-state index in [0.717, 1.165) is 11.8 Å². The van der Waals surface area contributed by atoms with Crippen molar-refractivity contribution in [3.8, 4) is 0 Å². The summed E-state index contributed by atoms with van der Waals surface area (Å²) >= 11 is 2.03. The molecule has 0 spiro atoms. The maximum atomic E-state index is 10.8. The molecule has 1 saturated carbocycles. The molecular formula is C23H31NOS. The fourth-order valence-electron chi connectivity index (χ4n) is 3.84. The molecule has 2 aromatic rings. The van der Waals surface area contributed by atoms with Crippen molar-refractivity contribution in [3.05, 3.63) is 65.7 Å². The summed E-state index contributed by atoms with van der Waals surface area (Å²) in [6.07, 6.45) is 6.42. The summed E-state index contributed by atoms with van der Waals surface area (Å²) in [5.41, 5.74) is 2.36. The van der Waals surface area contributed by atoms with Crippen LogP contribution >= 0.6 is 11.8 Å². The molecule has 140 valence electrons. The molecule has 0 aromatic heterocycles. The number of hydrogen-bond acceptors (Lipinski definition) is 3. The molecule has 1 aliphatic rings. The van der Waals surface area contributed by atoms with Gasteiger partial charge in [-0.15, -0.1) is 11.8 Å². The molecule has 3 heteroatoms. The smallest absolute Gasteiger partial charge is 0.0773 e. The Morgan fingerprint density at radius 3 is 2.27 bits per heavy atom. The molecule has 0 saturated heterocycles. The minimum absolute atomic E-state index is 0.00369. The largest absolute Gasteiger partial charge is 0.391 e. The summed E-state index contributed by atoms with van der Waals surface area (Å²) in [6.45, 7) is 3.55. The molecule has 2 atom stereocenters. The van der Waals surface area contributed by atoms with Crippen LogP contribution in [0.5, 0.6) is 0 Å². The van der Waals surface area contributed by atoms with Crippen LogP contribution in [0.2, 0.25) is 0 Å². The summed E-state index contributed by atoms with van der Waals surface area (Å²) in [4.78, 5) is 1.36. The summed E-state index contributed by atoms with van der Waals surface area (Å²) in [6, 6.07) is 19.3. The standard InChI is InChI=1S/C23H31NOS/c1-2-24-17-22(25)23(18-9-5-3-6-10-18)19-13-15-21(16-14-19)26-20-11-7-4-8-12-20/h3,5-6,9-10,13-16,20,22-25H,2,4,7-8,11-12,17H2,1H3. The monoisotopic (exact) mass is 369 g/mol. The predicted octanol–water partition coefficient (Wildman–Crippen LogP) is 5.21. The van der Waals surface area contributed by atoms with Gasteiger partial charge in [-0.1, -0.05) is 68.7 Å². The zero-order valence-electron chi connectivity index (χ0n) is 15.7. The highest BCUT2D eigenvalue weighted by molar-refractivity contribution is 8.00. The van der Waals surface area contributed by atoms with Crippen LogP contribution in [-0.2, 0) is 0 Å². The lowest BCUT2D eigenvalue weighted by molar-refractivity contribution is 0.154. The van der Waals surface area contributed by atoms with Gasteiger partial charge >= 0.3 is 0 Å². The normalized spacial score (nSPS) is 17.8. The van der Waals surface area contributed by atoms with Crippen molar-refractivity contribution in [1.29, 1.82) is 0 Å². The van der Waals surface area contributed by atoms with Crippen LogP contribution in [0.15, 0.2) is 59.5 Å². The molecule has 3 rings (SSSR count). The van der Waals surface area contributed by atoms with Crippen LogP contribution in [0, 0.1) is 0 Å². The highest BCUT2D eigenvalue weighted by Gasteiger charge is 2.23. The molecule has 0 heterocycles. The first-order chi connectivity index (χ1) is 12.8. The molecule has 2 N–H and O–H groups in total. The molecule has 0 amide bonds. The minimum atomic E-state index is -0.436. The summed E-state index contributed by atoms with van der Waals surface area (Å²) < 4.78 is 0. The van der Waals surface area contributed by atoms with Crippen LogP contribution in [0.1, 0.15) is 56.1 Å². The van der Waals surface area contributed by atoms with E-state index in [9.17, 15) is 5.11 Å². The molecule has 1 fully saturated rings. The van der Waals surface area contributed by atoms with Crippen LogP contribution in [-0.4, -0.2) is 29.5 Å². The van der Waals surface area contributed by atoms with E-state index in [0.29, 0.717) is 6.54 Å². The van der Waals surface area contributed by atoms with E-state index in [1.165, 1.54) is 48.1 Å². The minimum Gasteiger partial charge on any atom is -0.391 e. The fraction of sp³-hybridized carbons (Fsp3) is 0.478. The Kier molecular flexibility index (Phi) is 7.60. The summed E-state index contributed by atoms with van der Waals surface area (Å²) in [7, 11) is 0. The van der Waals surface area contributed by atoms with Crippen molar-refractivity contribution in [2.75, 3.05) is 13.1 Å². The van der Waals surface area contributed by atoms with Gasteiger partial charge in [-0.3, -0.25) is 0 Å². The quantitative estimate of drug-likeness (QED) is 0.669. The van der Waals surface area contributed by atoms with Crippen molar-refractivity contribution in [2.45, 2.75) is 61.2 Å². The maximum Gasteiger partial charge on any atom is 0.0773 e. The Bertz CT molecular complexity index is 637. The van der Waals surface area contributed by atoms with E-state index in [4.69, 9.17) is 0 Å². The van der Waals surface area contributed by atoms with Gasteiger partial charge in [0.05, 0.1) is 6.10 Å². The van der Waals surface area contributed by atoms with Crippen molar-refractivity contribution in [1.82, 2.24) is 5.32 Å². The molecule has 2 aromatic carbocycles. The number of hydrogen-bond donors (Lipinski definition) is 2. The highest BCUT2D eigenvalue weighted by Crippen LogP contribution is 2.35. The van der Waals surface area contributed by atoms with Gasteiger partial charge in [0.15, 0.2) is 0 Å². The Labute approximate surface area is 162 Å². The average molecular weight is 370 g/mol. The number of aliphatic hydroxyl groups is 1. The third-order valence-electron chi connectivity index (χ3n) is 5.24. The van der Waals surface area contributed by atoms with E-state index < -0.39 is 6.10 Å². The van der Waals surface area contributed by atoms with Gasteiger partial charge in [-0.2, -0.15) is 0 Å². The van der Waals surface area contributed by atoms with Gasteiger partial charge in [0.1, 0.15) is 0 Å². The summed E-state index contributed by atoms with van der Waals surface area (Å²) in [5.74, 6) is 0.00369. The van der Waals surface area contributed by atoms with E-state index in [2.05, 4.69) is 60.8 Å². The zero-order valence-corrected chi connectivity index (χ0v) is 16.5. The zero-order chi connectivity index (χ0) is 18.2. The first-order valence-corrected chi connectivity index (χ1v) is 10.9. The number of aliphatic hydroxyl groups excluding tert-OH is 1. The van der Waals surface area contributed by atoms with Gasteiger partial charge < -0.3 is 10.4 Å². The molecule has 0 bridgehead atoms. The lowest BCUT2D eigenvalue weighted by atomic mass is 9.86. The lowest BCUT2D eigenvalue weighted by Gasteiger charge is -2.25. The van der Waals surface area contributed by atoms with Crippen molar-refractivity contribution >= 4 is 11.8 Å². The van der Waals surface area contributed by atoms with Gasteiger partial charge in [0.2, 0.25) is 0 Å². The third kappa shape index (κ3) is 5.35. The topological polar surface area (TPSA) is 32.3 Å². The van der Waals surface area contributed by atoms with Gasteiger partial charge in [0, 0.05) is 22.6 Å². The van der Waals surface area contributed by atoms with E-state index in [1.807, 2.05) is 17.8 Å². The highest BCUT2D eigenvalue weighted by atomic mass is 32.2. The maximum absolute atomic E-state index is 10.8. The summed E-state index contributed by atoms with van der Waals surface area (Å²) in [5, 5.41) is 14.9. The van der Waals surface area contributed by atoms with Gasteiger partial charge in [-0.25, -0.2) is 0 Å². The van der Waals surface area contributed by atoms with Crippen molar-refractivity contribution in [2.24, 2.45) is 0 Å².